The molecule has 6 heteroatoms. The molecule has 124 valence electrons. The number of aromatic nitrogens is 3. The highest BCUT2D eigenvalue weighted by Gasteiger charge is 2.46. The lowest BCUT2D eigenvalue weighted by Crippen LogP contribution is -2.62. The summed E-state index contributed by atoms with van der Waals surface area (Å²) in [6.07, 6.45) is 4.92. The first-order valence-electron chi connectivity index (χ1n) is 8.17. The normalized spacial score (nSPS) is 20.9. The molecule has 0 radical (unpaired) electrons. The Hall–Kier alpha value is -1.43. The van der Waals surface area contributed by atoms with Crippen molar-refractivity contribution in [2.45, 2.75) is 77.5 Å². The van der Waals surface area contributed by atoms with Gasteiger partial charge in [0.25, 0.3) is 0 Å². The highest BCUT2D eigenvalue weighted by molar-refractivity contribution is 5.43. The lowest BCUT2D eigenvalue weighted by molar-refractivity contribution is 0.0637. The number of anilines is 2. The molecule has 0 saturated carbocycles. The number of piperidine rings is 1. The zero-order chi connectivity index (χ0) is 16.4. The van der Waals surface area contributed by atoms with Crippen molar-refractivity contribution in [3.63, 3.8) is 0 Å². The Labute approximate surface area is 133 Å². The van der Waals surface area contributed by atoms with E-state index in [-0.39, 0.29) is 17.2 Å². The van der Waals surface area contributed by atoms with Gasteiger partial charge in [-0.25, -0.2) is 9.97 Å². The smallest absolute Gasteiger partial charge is 0.231 e. The fraction of sp³-hybridized carbons (Fsp3) is 0.812. The SMILES string of the molecule is CCCCNc1ncnc(N2C(C)(C)CC(O)CC2(C)C)n1. The molecule has 0 unspecified atom stereocenters. The largest absolute Gasteiger partial charge is 0.393 e. The van der Waals surface area contributed by atoms with E-state index < -0.39 is 0 Å². The van der Waals surface area contributed by atoms with Crippen molar-refractivity contribution in [1.82, 2.24) is 15.0 Å². The Morgan fingerprint density at radius 1 is 1.23 bits per heavy atom. The third-order valence-electron chi connectivity index (χ3n) is 4.25. The molecule has 0 atom stereocenters. The zero-order valence-corrected chi connectivity index (χ0v) is 14.4. The van der Waals surface area contributed by atoms with Crippen LogP contribution in [-0.2, 0) is 0 Å². The molecule has 0 bridgehead atoms. The van der Waals surface area contributed by atoms with Crippen LogP contribution >= 0.6 is 0 Å². The van der Waals surface area contributed by atoms with Crippen molar-refractivity contribution in [3.8, 4) is 0 Å². The van der Waals surface area contributed by atoms with E-state index in [4.69, 9.17) is 0 Å². The van der Waals surface area contributed by atoms with Gasteiger partial charge < -0.3 is 15.3 Å². The summed E-state index contributed by atoms with van der Waals surface area (Å²) in [5.41, 5.74) is -0.410. The second kappa shape index (κ2) is 6.36. The number of hydrogen-bond donors (Lipinski definition) is 2. The standard InChI is InChI=1S/C16H29N5O/c1-6-7-8-17-13-18-11-19-14(20-13)21-15(2,3)9-12(22)10-16(21,4)5/h11-12,22H,6-10H2,1-5H3,(H,17,18,19,20). The number of nitrogens with one attached hydrogen (secondary N) is 1. The Bertz CT molecular complexity index is 485. The second-order valence-electron chi connectivity index (χ2n) is 7.41. The van der Waals surface area contributed by atoms with Crippen LogP contribution < -0.4 is 10.2 Å². The molecule has 0 amide bonds. The summed E-state index contributed by atoms with van der Waals surface area (Å²) in [6, 6.07) is 0. The Morgan fingerprint density at radius 3 is 2.45 bits per heavy atom. The lowest BCUT2D eigenvalue weighted by atomic mass is 9.78. The molecule has 0 aliphatic carbocycles. The molecule has 6 nitrogen and oxygen atoms in total. The summed E-state index contributed by atoms with van der Waals surface area (Å²) in [7, 11) is 0. The van der Waals surface area contributed by atoms with Crippen LogP contribution in [-0.4, -0.2) is 43.8 Å². The number of aliphatic hydroxyl groups excluding tert-OH is 1. The average molecular weight is 307 g/mol. The van der Waals surface area contributed by atoms with Crippen molar-refractivity contribution in [3.05, 3.63) is 6.33 Å². The summed E-state index contributed by atoms with van der Waals surface area (Å²) >= 11 is 0. The van der Waals surface area contributed by atoms with Crippen molar-refractivity contribution in [2.24, 2.45) is 0 Å². The molecule has 1 fully saturated rings. The lowest BCUT2D eigenvalue weighted by Gasteiger charge is -2.54. The molecule has 2 heterocycles. The van der Waals surface area contributed by atoms with Crippen molar-refractivity contribution in [1.29, 1.82) is 0 Å². The van der Waals surface area contributed by atoms with Crippen LogP contribution in [0.3, 0.4) is 0 Å². The molecule has 1 aromatic heterocycles. The number of aliphatic hydroxyl groups is 1. The van der Waals surface area contributed by atoms with Gasteiger partial charge in [-0.05, 0) is 47.0 Å². The molecular weight excluding hydrogens is 278 g/mol. The second-order valence-corrected chi connectivity index (χ2v) is 7.41. The van der Waals surface area contributed by atoms with E-state index in [9.17, 15) is 5.11 Å². The highest BCUT2D eigenvalue weighted by Crippen LogP contribution is 2.40. The van der Waals surface area contributed by atoms with Gasteiger partial charge >= 0.3 is 0 Å². The van der Waals surface area contributed by atoms with Crippen LogP contribution in [0.15, 0.2) is 6.33 Å². The van der Waals surface area contributed by atoms with Crippen molar-refractivity contribution >= 4 is 11.9 Å². The number of nitrogens with zero attached hydrogens (tertiary/aromatic N) is 4. The van der Waals surface area contributed by atoms with Gasteiger partial charge in [-0.3, -0.25) is 0 Å². The van der Waals surface area contributed by atoms with E-state index in [1.54, 1.807) is 6.33 Å². The van der Waals surface area contributed by atoms with Crippen molar-refractivity contribution in [2.75, 3.05) is 16.8 Å². The minimum Gasteiger partial charge on any atom is -0.393 e. The van der Waals surface area contributed by atoms with Gasteiger partial charge in [0, 0.05) is 17.6 Å². The monoisotopic (exact) mass is 307 g/mol. The average Bonchev–Trinajstić information content (AvgIpc) is 2.36. The Kier molecular flexibility index (Phi) is 4.90. The summed E-state index contributed by atoms with van der Waals surface area (Å²) in [4.78, 5) is 15.4. The van der Waals surface area contributed by atoms with E-state index in [1.165, 1.54) is 0 Å². The minimum absolute atomic E-state index is 0.205. The van der Waals surface area contributed by atoms with Gasteiger partial charge in [-0.2, -0.15) is 4.98 Å². The summed E-state index contributed by atoms with van der Waals surface area (Å²) in [5, 5.41) is 13.4. The molecule has 1 aliphatic heterocycles. The fourth-order valence-electron chi connectivity index (χ4n) is 3.63. The van der Waals surface area contributed by atoms with Gasteiger partial charge in [0.2, 0.25) is 11.9 Å². The van der Waals surface area contributed by atoms with Crippen LogP contribution in [0.2, 0.25) is 0 Å². The van der Waals surface area contributed by atoms with E-state index in [0.717, 1.165) is 19.4 Å². The van der Waals surface area contributed by atoms with Gasteiger partial charge in [0.15, 0.2) is 0 Å². The molecule has 2 N–H and O–H groups in total. The molecule has 0 spiro atoms. The van der Waals surface area contributed by atoms with E-state index in [1.807, 2.05) is 0 Å². The molecule has 1 aromatic rings. The minimum atomic E-state index is -0.287. The van der Waals surface area contributed by atoms with Crippen LogP contribution in [0.1, 0.15) is 60.3 Å². The molecule has 1 aliphatic rings. The van der Waals surface area contributed by atoms with Gasteiger partial charge in [-0.1, -0.05) is 13.3 Å². The van der Waals surface area contributed by atoms with Crippen LogP contribution in [0, 0.1) is 0 Å². The summed E-state index contributed by atoms with van der Waals surface area (Å²) < 4.78 is 0. The van der Waals surface area contributed by atoms with Crippen molar-refractivity contribution < 1.29 is 5.11 Å². The molecule has 2 rings (SSSR count). The van der Waals surface area contributed by atoms with E-state index in [0.29, 0.717) is 24.7 Å². The topological polar surface area (TPSA) is 74.2 Å². The highest BCUT2D eigenvalue weighted by atomic mass is 16.3. The van der Waals surface area contributed by atoms with Gasteiger partial charge in [0.05, 0.1) is 6.10 Å². The Morgan fingerprint density at radius 2 is 1.86 bits per heavy atom. The van der Waals surface area contributed by atoms with E-state index >= 15 is 0 Å². The van der Waals surface area contributed by atoms with Gasteiger partial charge in [-0.15, -0.1) is 0 Å². The summed E-state index contributed by atoms with van der Waals surface area (Å²) in [6.45, 7) is 11.5. The predicted octanol–water partition coefficient (Wildman–Crippen LogP) is 2.60. The first-order valence-corrected chi connectivity index (χ1v) is 8.17. The maximum atomic E-state index is 10.2. The Balaban J connectivity index is 2.26. The quantitative estimate of drug-likeness (QED) is 0.815. The van der Waals surface area contributed by atoms with Gasteiger partial charge in [0.1, 0.15) is 6.33 Å². The summed E-state index contributed by atoms with van der Waals surface area (Å²) in [5.74, 6) is 1.30. The van der Waals surface area contributed by atoms with Crippen LogP contribution in [0.25, 0.3) is 0 Å². The zero-order valence-electron chi connectivity index (χ0n) is 14.4. The molecule has 22 heavy (non-hydrogen) atoms. The first-order chi connectivity index (χ1) is 10.3. The predicted molar refractivity (Wildman–Crippen MR) is 89.1 cm³/mol. The van der Waals surface area contributed by atoms with Crippen LogP contribution in [0.5, 0.6) is 0 Å². The van der Waals surface area contributed by atoms with Crippen LogP contribution in [0.4, 0.5) is 11.9 Å². The maximum Gasteiger partial charge on any atom is 0.231 e. The third-order valence-corrected chi connectivity index (χ3v) is 4.25. The van der Waals surface area contributed by atoms with E-state index in [2.05, 4.69) is 59.8 Å². The maximum absolute atomic E-state index is 10.2. The molecule has 1 saturated heterocycles. The molecular formula is C16H29N5O. The molecule has 0 aromatic carbocycles. The number of unbranched alkanes of at least 4 members (excludes halogenated alkanes) is 1. The number of rotatable bonds is 5. The first kappa shape index (κ1) is 16.9. The fourth-order valence-corrected chi connectivity index (χ4v) is 3.63. The number of hydrogen-bond acceptors (Lipinski definition) is 6. The third kappa shape index (κ3) is 3.66.